The molecule has 0 aliphatic heterocycles. The summed E-state index contributed by atoms with van der Waals surface area (Å²) in [5.41, 5.74) is 8.15. The van der Waals surface area contributed by atoms with E-state index in [1.165, 1.54) is 62.0 Å². The molecule has 2 aromatic rings. The number of aromatic nitrogens is 1. The molecule has 0 fully saturated rings. The lowest BCUT2D eigenvalue weighted by Gasteiger charge is -2.15. The molecule has 0 saturated heterocycles. The number of esters is 1. The summed E-state index contributed by atoms with van der Waals surface area (Å²) in [4.78, 5) is 43.2. The number of nitrogens with one attached hydrogen (secondary N) is 2. The van der Waals surface area contributed by atoms with Crippen molar-refractivity contribution in [2.45, 2.75) is 52.4 Å². The number of hydrogen-bond donors (Lipinski definition) is 2. The first kappa shape index (κ1) is 27.5. The molecule has 0 unspecified atom stereocenters. The highest BCUT2D eigenvalue weighted by Gasteiger charge is 2.24. The minimum absolute atomic E-state index is 0.0978. The monoisotopic (exact) mass is 455 g/mol. The third-order valence-electron chi connectivity index (χ3n) is 5.26. The zero-order chi connectivity index (χ0) is 24.8. The second-order valence-corrected chi connectivity index (χ2v) is 7.35. The Morgan fingerprint density at radius 1 is 1.06 bits per heavy atom. The molecule has 0 saturated carbocycles. The van der Waals surface area contributed by atoms with E-state index in [9.17, 15) is 9.59 Å². The lowest BCUT2D eigenvalue weighted by Crippen LogP contribution is -2.25. The summed E-state index contributed by atoms with van der Waals surface area (Å²) in [6, 6.07) is 5.59. The number of benzene rings is 1. The van der Waals surface area contributed by atoms with Crippen LogP contribution in [0.2, 0.25) is 0 Å². The maximum atomic E-state index is 11.6. The highest BCUT2D eigenvalue weighted by atomic mass is 16.5. The van der Waals surface area contributed by atoms with Gasteiger partial charge in [0.25, 0.3) is 0 Å². The van der Waals surface area contributed by atoms with Crippen LogP contribution >= 0.6 is 0 Å². The molecule has 33 heavy (non-hydrogen) atoms. The zero-order valence-corrected chi connectivity index (χ0v) is 19.8. The average Bonchev–Trinajstić information content (AvgIpc) is 3.50. The smallest absolute Gasteiger partial charge is 0.337 e. The van der Waals surface area contributed by atoms with Crippen LogP contribution < -0.4 is 10.6 Å². The molecule has 178 valence electrons. The number of methoxy groups -OCH3 is 1. The largest absolute Gasteiger partial charge is 0.465 e. The standard InChI is InChI=1S/C14H18N2O.C8H9NO2.C2H4O.CH2O/c1-15-14(17)16-13-11-6-2-4-9(11)8-10-5-3-7-12(10)13;1-6-5-7(3-4-9-6)8(10)11-2;1-2-3;1-2/h8H,2-7H2,1H3,(H2,15,16,17);3-5H,1-2H3;2H,1H3;1H2. The molecule has 8 nitrogen and oxygen atoms in total. The Labute approximate surface area is 195 Å². The normalized spacial score (nSPS) is 12.1. The van der Waals surface area contributed by atoms with Gasteiger partial charge in [-0.1, -0.05) is 6.07 Å². The molecule has 0 atom stereocenters. The van der Waals surface area contributed by atoms with Crippen molar-refractivity contribution in [1.29, 1.82) is 0 Å². The van der Waals surface area contributed by atoms with Crippen molar-refractivity contribution in [1.82, 2.24) is 10.3 Å². The molecule has 2 N–H and O–H groups in total. The first-order chi connectivity index (χ1) is 15.9. The highest BCUT2D eigenvalue weighted by Crippen LogP contribution is 2.38. The number of carbonyl (C=O) groups is 4. The summed E-state index contributed by atoms with van der Waals surface area (Å²) in [5, 5.41) is 5.69. The molecule has 1 heterocycles. The minimum atomic E-state index is -0.324. The van der Waals surface area contributed by atoms with E-state index in [2.05, 4.69) is 26.4 Å². The van der Waals surface area contributed by atoms with Crippen molar-refractivity contribution in [3.63, 3.8) is 0 Å². The van der Waals surface area contributed by atoms with E-state index in [1.54, 1.807) is 25.4 Å². The predicted octanol–water partition coefficient (Wildman–Crippen LogP) is 3.61. The molecule has 0 radical (unpaired) electrons. The van der Waals surface area contributed by atoms with E-state index in [1.807, 2.05) is 13.7 Å². The molecule has 2 amide bonds. The van der Waals surface area contributed by atoms with Gasteiger partial charge in [0.1, 0.15) is 13.1 Å². The number of carbonyl (C=O) groups excluding carboxylic acids is 4. The SMILES string of the molecule is C=O.CC=O.CNC(=O)Nc1c2c(cc3c1CCC3)CCC2.COC(=O)c1ccnc(C)c1. The molecular weight excluding hydrogens is 422 g/mol. The lowest BCUT2D eigenvalue weighted by atomic mass is 9.99. The van der Waals surface area contributed by atoms with Gasteiger partial charge in [-0.05, 0) is 86.8 Å². The topological polar surface area (TPSA) is 114 Å². The number of pyridine rings is 1. The second kappa shape index (κ2) is 14.5. The summed E-state index contributed by atoms with van der Waals surface area (Å²) in [6.45, 7) is 5.27. The Balaban J connectivity index is 0.000000295. The van der Waals surface area contributed by atoms with Crippen LogP contribution in [-0.2, 0) is 40.0 Å². The average molecular weight is 456 g/mol. The van der Waals surface area contributed by atoms with Crippen LogP contribution in [0.5, 0.6) is 0 Å². The first-order valence-electron chi connectivity index (χ1n) is 10.8. The number of ether oxygens (including phenoxy) is 1. The van der Waals surface area contributed by atoms with Gasteiger partial charge < -0.3 is 25.0 Å². The maximum Gasteiger partial charge on any atom is 0.337 e. The Bertz CT molecular complexity index is 927. The van der Waals surface area contributed by atoms with Crippen LogP contribution in [0.25, 0.3) is 0 Å². The van der Waals surface area contributed by atoms with Crippen LogP contribution in [0.3, 0.4) is 0 Å². The van der Waals surface area contributed by atoms with Crippen molar-refractivity contribution in [3.05, 3.63) is 57.9 Å². The fraction of sp³-hybridized carbons (Fsp3) is 0.400. The predicted molar refractivity (Wildman–Crippen MR) is 128 cm³/mol. The van der Waals surface area contributed by atoms with Crippen molar-refractivity contribution in [2.75, 3.05) is 19.5 Å². The van der Waals surface area contributed by atoms with Crippen molar-refractivity contribution >= 4 is 30.8 Å². The van der Waals surface area contributed by atoms with Gasteiger partial charge >= 0.3 is 12.0 Å². The fourth-order valence-electron chi connectivity index (χ4n) is 3.93. The summed E-state index contributed by atoms with van der Waals surface area (Å²) in [6.07, 6.45) is 9.35. The number of aldehydes is 1. The molecular formula is C25H33N3O5. The van der Waals surface area contributed by atoms with E-state index in [4.69, 9.17) is 9.59 Å². The zero-order valence-electron chi connectivity index (χ0n) is 19.8. The van der Waals surface area contributed by atoms with Crippen molar-refractivity contribution in [2.24, 2.45) is 0 Å². The Morgan fingerprint density at radius 3 is 2.06 bits per heavy atom. The molecule has 1 aromatic carbocycles. The number of fused-ring (bicyclic) bond motifs is 2. The van der Waals surface area contributed by atoms with Gasteiger partial charge in [0, 0.05) is 24.6 Å². The number of rotatable bonds is 2. The maximum absolute atomic E-state index is 11.6. The van der Waals surface area contributed by atoms with Crippen LogP contribution in [0.15, 0.2) is 24.4 Å². The number of aryl methyl sites for hydroxylation is 3. The Hall–Kier alpha value is -3.55. The summed E-state index contributed by atoms with van der Waals surface area (Å²) < 4.78 is 4.52. The quantitative estimate of drug-likeness (QED) is 0.528. The lowest BCUT2D eigenvalue weighted by molar-refractivity contribution is -0.106. The van der Waals surface area contributed by atoms with E-state index >= 15 is 0 Å². The number of urea groups is 1. The summed E-state index contributed by atoms with van der Waals surface area (Å²) in [7, 11) is 3.02. The van der Waals surface area contributed by atoms with Crippen LogP contribution in [0.4, 0.5) is 10.5 Å². The van der Waals surface area contributed by atoms with Crippen molar-refractivity contribution in [3.8, 4) is 0 Å². The third kappa shape index (κ3) is 7.82. The molecule has 1 aromatic heterocycles. The summed E-state index contributed by atoms with van der Waals surface area (Å²) in [5.74, 6) is -0.324. The molecule has 0 spiro atoms. The van der Waals surface area contributed by atoms with Gasteiger partial charge in [-0.25, -0.2) is 9.59 Å². The van der Waals surface area contributed by atoms with Crippen molar-refractivity contribution < 1.29 is 23.9 Å². The number of anilines is 1. The first-order valence-corrected chi connectivity index (χ1v) is 10.8. The second-order valence-electron chi connectivity index (χ2n) is 7.35. The number of nitrogens with zero attached hydrogens (tertiary/aromatic N) is 1. The van der Waals surface area contributed by atoms with Gasteiger partial charge in [0.2, 0.25) is 0 Å². The third-order valence-corrected chi connectivity index (χ3v) is 5.26. The van der Waals surface area contributed by atoms with Crippen LogP contribution in [0, 0.1) is 6.92 Å². The molecule has 4 rings (SSSR count). The van der Waals surface area contributed by atoms with Gasteiger partial charge in [-0.2, -0.15) is 0 Å². The van der Waals surface area contributed by atoms with Crippen LogP contribution in [0.1, 0.15) is 58.1 Å². The number of hydrogen-bond acceptors (Lipinski definition) is 6. The number of amides is 2. The minimum Gasteiger partial charge on any atom is -0.465 e. The van der Waals surface area contributed by atoms with Crippen LogP contribution in [-0.4, -0.2) is 44.2 Å². The van der Waals surface area contributed by atoms with E-state index < -0.39 is 0 Å². The Morgan fingerprint density at radius 2 is 1.61 bits per heavy atom. The van der Waals surface area contributed by atoms with Gasteiger partial charge in [-0.15, -0.1) is 0 Å². The molecule has 2 aliphatic carbocycles. The summed E-state index contributed by atoms with van der Waals surface area (Å²) >= 11 is 0. The van der Waals surface area contributed by atoms with Gasteiger partial charge in [-0.3, -0.25) is 4.98 Å². The molecule has 8 heteroatoms. The molecule has 0 bridgehead atoms. The fourth-order valence-corrected chi connectivity index (χ4v) is 3.93. The van der Waals surface area contributed by atoms with E-state index in [0.29, 0.717) is 5.56 Å². The van der Waals surface area contributed by atoms with E-state index in [-0.39, 0.29) is 12.0 Å². The van der Waals surface area contributed by atoms with Gasteiger partial charge in [0.15, 0.2) is 0 Å². The highest BCUT2D eigenvalue weighted by molar-refractivity contribution is 5.92. The van der Waals surface area contributed by atoms with Gasteiger partial charge in [0.05, 0.1) is 12.7 Å². The Kier molecular flexibility index (Phi) is 12.1. The molecule has 2 aliphatic rings. The van der Waals surface area contributed by atoms with E-state index in [0.717, 1.165) is 30.5 Å².